The lowest BCUT2D eigenvalue weighted by Crippen LogP contribution is -2.23. The molecule has 3 nitrogen and oxygen atoms in total. The van der Waals surface area contributed by atoms with Gasteiger partial charge in [-0.2, -0.15) is 0 Å². The third-order valence-electron chi connectivity index (χ3n) is 4.75. The summed E-state index contributed by atoms with van der Waals surface area (Å²) in [5, 5.41) is 1.62. The molecule has 1 heterocycles. The topological polar surface area (TPSA) is 31.2 Å². The maximum Gasteiger partial charge on any atom is 0.294 e. The quantitative estimate of drug-likeness (QED) is 0.322. The van der Waals surface area contributed by atoms with Gasteiger partial charge in [-0.15, -0.1) is 0 Å². The second-order valence-electron chi connectivity index (χ2n) is 6.41. The Kier molecular flexibility index (Phi) is 5.42. The summed E-state index contributed by atoms with van der Waals surface area (Å²) in [5.41, 5.74) is 3.51. The summed E-state index contributed by atoms with van der Waals surface area (Å²) in [6.45, 7) is 0.482. The zero-order chi connectivity index (χ0) is 19.7. The van der Waals surface area contributed by atoms with Gasteiger partial charge in [0.15, 0.2) is 5.75 Å². The summed E-state index contributed by atoms with van der Waals surface area (Å²) >= 11 is 8.36. The van der Waals surface area contributed by atoms with E-state index < -0.39 is 0 Å². The maximum atomic E-state index is 13.4. The van der Waals surface area contributed by atoms with Crippen LogP contribution in [-0.2, 0) is 6.54 Å². The number of fused-ring (bicyclic) bond motifs is 1. The van der Waals surface area contributed by atoms with E-state index in [1.54, 1.807) is 11.7 Å². The summed E-state index contributed by atoms with van der Waals surface area (Å²) in [5.74, 6) is 0.340. The Morgan fingerprint density at radius 2 is 1.64 bits per heavy atom. The average molecular weight is 502 g/mol. The molecule has 0 saturated carbocycles. The Morgan fingerprint density at radius 1 is 0.964 bits per heavy atom. The lowest BCUT2D eigenvalue weighted by Gasteiger charge is -2.18. The molecule has 28 heavy (non-hydrogen) atoms. The molecule has 0 radical (unpaired) electrons. The summed E-state index contributed by atoms with van der Waals surface area (Å²) in [7, 11) is 1.54. The van der Waals surface area contributed by atoms with Crippen molar-refractivity contribution in [2.75, 3.05) is 7.11 Å². The van der Waals surface area contributed by atoms with E-state index in [-0.39, 0.29) is 5.56 Å². The molecule has 0 aliphatic heterocycles. The van der Waals surface area contributed by atoms with Gasteiger partial charge < -0.3 is 9.30 Å². The largest absolute Gasteiger partial charge is 0.491 e. The number of nitrogens with zero attached hydrogens (tertiary/aromatic N) is 1. The summed E-state index contributed by atoms with van der Waals surface area (Å²) in [6, 6.07) is 23.5. The highest BCUT2D eigenvalue weighted by Gasteiger charge is 2.19. The molecule has 0 atom stereocenters. The first kappa shape index (κ1) is 19.0. The van der Waals surface area contributed by atoms with Crippen LogP contribution >= 0.6 is 34.2 Å². The molecular formula is C23H17ClINO2. The number of para-hydroxylation sites is 1. The number of methoxy groups -OCH3 is 1. The van der Waals surface area contributed by atoms with Crippen LogP contribution in [0.2, 0.25) is 5.02 Å². The Bertz CT molecular complexity index is 1220. The smallest absolute Gasteiger partial charge is 0.294 e. The molecule has 0 fully saturated rings. The van der Waals surface area contributed by atoms with Gasteiger partial charge in [-0.25, -0.2) is 0 Å². The highest BCUT2D eigenvalue weighted by Crippen LogP contribution is 2.35. The SMILES string of the molecule is COc1c(-c2ccc(Cl)cc2)c2ccccc2n(Cc2ccccc2I)c1=O. The van der Waals surface area contributed by atoms with Crippen molar-refractivity contribution in [3.05, 3.63) is 97.3 Å². The normalized spacial score (nSPS) is 11.0. The van der Waals surface area contributed by atoms with E-state index >= 15 is 0 Å². The van der Waals surface area contributed by atoms with Crippen molar-refractivity contribution in [1.82, 2.24) is 4.57 Å². The molecule has 0 bridgehead atoms. The third kappa shape index (κ3) is 3.42. The van der Waals surface area contributed by atoms with Crippen molar-refractivity contribution in [3.8, 4) is 16.9 Å². The molecule has 0 N–H and O–H groups in total. The molecule has 0 aliphatic carbocycles. The Balaban J connectivity index is 2.02. The van der Waals surface area contributed by atoms with Crippen molar-refractivity contribution in [2.45, 2.75) is 6.54 Å². The van der Waals surface area contributed by atoms with Crippen LogP contribution in [0.25, 0.3) is 22.0 Å². The summed E-state index contributed by atoms with van der Waals surface area (Å²) < 4.78 is 8.51. The highest BCUT2D eigenvalue weighted by atomic mass is 127. The number of pyridine rings is 1. The fourth-order valence-electron chi connectivity index (χ4n) is 3.43. The van der Waals surface area contributed by atoms with Gasteiger partial charge in [-0.1, -0.05) is 60.1 Å². The van der Waals surface area contributed by atoms with Crippen molar-refractivity contribution < 1.29 is 4.74 Å². The third-order valence-corrected chi connectivity index (χ3v) is 6.06. The minimum atomic E-state index is -0.147. The minimum absolute atomic E-state index is 0.147. The highest BCUT2D eigenvalue weighted by molar-refractivity contribution is 14.1. The van der Waals surface area contributed by atoms with E-state index in [4.69, 9.17) is 16.3 Å². The second-order valence-corrected chi connectivity index (χ2v) is 8.01. The van der Waals surface area contributed by atoms with Gasteiger partial charge in [0.1, 0.15) is 0 Å². The van der Waals surface area contributed by atoms with Crippen LogP contribution in [0.4, 0.5) is 0 Å². The maximum absolute atomic E-state index is 13.4. The number of benzene rings is 3. The van der Waals surface area contributed by atoms with Gasteiger partial charge in [0.05, 0.1) is 19.2 Å². The number of halogens is 2. The van der Waals surface area contributed by atoms with E-state index in [0.717, 1.165) is 31.2 Å². The average Bonchev–Trinajstić information content (AvgIpc) is 2.72. The van der Waals surface area contributed by atoms with Crippen LogP contribution in [0, 0.1) is 3.57 Å². The Morgan fingerprint density at radius 3 is 2.36 bits per heavy atom. The van der Waals surface area contributed by atoms with Crippen LogP contribution in [0.3, 0.4) is 0 Å². The molecule has 0 amide bonds. The van der Waals surface area contributed by atoms with Gasteiger partial charge in [-0.05, 0) is 58.0 Å². The van der Waals surface area contributed by atoms with Crippen LogP contribution in [0.5, 0.6) is 5.75 Å². The number of rotatable bonds is 4. The van der Waals surface area contributed by atoms with E-state index in [1.165, 1.54) is 0 Å². The molecule has 5 heteroatoms. The van der Waals surface area contributed by atoms with Crippen molar-refractivity contribution in [2.24, 2.45) is 0 Å². The number of hydrogen-bond donors (Lipinski definition) is 0. The van der Waals surface area contributed by atoms with Gasteiger partial charge in [0, 0.05) is 19.5 Å². The van der Waals surface area contributed by atoms with Gasteiger partial charge in [0.2, 0.25) is 0 Å². The zero-order valence-electron chi connectivity index (χ0n) is 15.2. The monoisotopic (exact) mass is 501 g/mol. The Labute approximate surface area is 181 Å². The fourth-order valence-corrected chi connectivity index (χ4v) is 4.11. The standard InChI is InChI=1S/C23H17ClINO2/c1-28-22-21(15-10-12-17(24)13-11-15)18-7-3-5-9-20(18)26(23(22)27)14-16-6-2-4-8-19(16)25/h2-13H,14H2,1H3. The molecule has 4 rings (SSSR count). The first-order chi connectivity index (χ1) is 13.6. The van der Waals surface area contributed by atoms with Crippen LogP contribution < -0.4 is 10.3 Å². The van der Waals surface area contributed by atoms with E-state index in [0.29, 0.717) is 17.3 Å². The summed E-state index contributed by atoms with van der Waals surface area (Å²) in [6.07, 6.45) is 0. The molecule has 0 saturated heterocycles. The molecule has 4 aromatic rings. The first-order valence-electron chi connectivity index (χ1n) is 8.79. The molecule has 140 valence electrons. The van der Waals surface area contributed by atoms with Gasteiger partial charge >= 0.3 is 0 Å². The minimum Gasteiger partial charge on any atom is -0.491 e. The first-order valence-corrected chi connectivity index (χ1v) is 10.2. The van der Waals surface area contributed by atoms with Crippen LogP contribution in [0.15, 0.2) is 77.6 Å². The number of ether oxygens (including phenoxy) is 1. The van der Waals surface area contributed by atoms with Gasteiger partial charge in [-0.3, -0.25) is 4.79 Å². The molecule has 3 aromatic carbocycles. The predicted molar refractivity (Wildman–Crippen MR) is 123 cm³/mol. The second kappa shape index (κ2) is 7.97. The van der Waals surface area contributed by atoms with Crippen molar-refractivity contribution in [1.29, 1.82) is 0 Å². The van der Waals surface area contributed by atoms with Crippen LogP contribution in [-0.4, -0.2) is 11.7 Å². The Hall–Kier alpha value is -2.31. The van der Waals surface area contributed by atoms with Crippen molar-refractivity contribution >= 4 is 45.1 Å². The van der Waals surface area contributed by atoms with E-state index in [2.05, 4.69) is 22.6 Å². The molecule has 0 unspecified atom stereocenters. The van der Waals surface area contributed by atoms with E-state index in [9.17, 15) is 4.79 Å². The summed E-state index contributed by atoms with van der Waals surface area (Å²) in [4.78, 5) is 13.4. The van der Waals surface area contributed by atoms with Crippen molar-refractivity contribution in [3.63, 3.8) is 0 Å². The lowest BCUT2D eigenvalue weighted by molar-refractivity contribution is 0.407. The predicted octanol–water partition coefficient (Wildman–Crippen LogP) is 5.98. The van der Waals surface area contributed by atoms with E-state index in [1.807, 2.05) is 72.8 Å². The zero-order valence-corrected chi connectivity index (χ0v) is 18.1. The number of hydrogen-bond acceptors (Lipinski definition) is 2. The molecule has 0 aliphatic rings. The van der Waals surface area contributed by atoms with Gasteiger partial charge in [0.25, 0.3) is 5.56 Å². The molecular weight excluding hydrogens is 485 g/mol. The molecule has 0 spiro atoms. The number of aromatic nitrogens is 1. The van der Waals surface area contributed by atoms with Crippen LogP contribution in [0.1, 0.15) is 5.56 Å². The lowest BCUT2D eigenvalue weighted by atomic mass is 9.99. The fraction of sp³-hybridized carbons (Fsp3) is 0.0870. The molecule has 1 aromatic heterocycles.